The fraction of sp³-hybridized carbons (Fsp3) is 0.368. The van der Waals surface area contributed by atoms with Crippen molar-refractivity contribution in [1.29, 1.82) is 0 Å². The van der Waals surface area contributed by atoms with Crippen molar-refractivity contribution >= 4 is 33.9 Å². The molecular weight excluding hydrogens is 390 g/mol. The van der Waals surface area contributed by atoms with Crippen molar-refractivity contribution in [2.45, 2.75) is 32.3 Å². The number of ether oxygens (including phenoxy) is 2. The summed E-state index contributed by atoms with van der Waals surface area (Å²) in [5.41, 5.74) is 2.00. The molecule has 0 saturated heterocycles. The zero-order valence-corrected chi connectivity index (χ0v) is 16.0. The molecule has 2 aromatic rings. The van der Waals surface area contributed by atoms with Crippen LogP contribution in [0.25, 0.3) is 0 Å². The smallest absolute Gasteiger partial charge is 0.387 e. The number of carbonyl (C=O) groups excluding carboxylic acids is 2. The van der Waals surface area contributed by atoms with Gasteiger partial charge in [-0.2, -0.15) is 8.78 Å². The number of aryl methyl sites for hydroxylation is 1. The van der Waals surface area contributed by atoms with Gasteiger partial charge in [0.25, 0.3) is 0 Å². The normalized spacial score (nSPS) is 13.0. The number of esters is 1. The largest absolute Gasteiger partial charge is 0.465 e. The molecule has 1 amide bonds. The molecule has 9 heteroatoms. The number of thiophene rings is 1. The molecule has 0 atom stereocenters. The third-order valence-corrected chi connectivity index (χ3v) is 5.55. The molecule has 2 N–H and O–H groups in total. The quantitative estimate of drug-likeness (QED) is 0.673. The molecule has 1 heterocycles. The van der Waals surface area contributed by atoms with Gasteiger partial charge in [-0.25, -0.2) is 4.79 Å². The second kappa shape index (κ2) is 9.01. The first-order chi connectivity index (χ1) is 13.5. The number of carbonyl (C=O) groups is 2. The van der Waals surface area contributed by atoms with Crippen LogP contribution < -0.4 is 15.4 Å². The van der Waals surface area contributed by atoms with Gasteiger partial charge in [0.15, 0.2) is 0 Å². The number of fused-ring (bicyclic) bond motifs is 1. The summed E-state index contributed by atoms with van der Waals surface area (Å²) in [6.45, 7) is -2.93. The van der Waals surface area contributed by atoms with Crippen molar-refractivity contribution in [2.75, 3.05) is 24.3 Å². The lowest BCUT2D eigenvalue weighted by molar-refractivity contribution is -0.114. The summed E-state index contributed by atoms with van der Waals surface area (Å²) >= 11 is 1.42. The highest BCUT2D eigenvalue weighted by Gasteiger charge is 2.26. The maximum Gasteiger partial charge on any atom is 0.387 e. The van der Waals surface area contributed by atoms with E-state index in [1.54, 1.807) is 0 Å². The van der Waals surface area contributed by atoms with Crippen LogP contribution >= 0.6 is 11.3 Å². The minimum atomic E-state index is -2.88. The van der Waals surface area contributed by atoms with Gasteiger partial charge in [-0.3, -0.25) is 4.79 Å². The third-order valence-electron chi connectivity index (χ3n) is 4.35. The minimum absolute atomic E-state index is 0.0388. The van der Waals surface area contributed by atoms with Crippen molar-refractivity contribution in [3.63, 3.8) is 0 Å². The van der Waals surface area contributed by atoms with Gasteiger partial charge in [-0.15, -0.1) is 11.3 Å². The van der Waals surface area contributed by atoms with Gasteiger partial charge < -0.3 is 20.1 Å². The highest BCUT2D eigenvalue weighted by molar-refractivity contribution is 7.17. The van der Waals surface area contributed by atoms with E-state index in [9.17, 15) is 18.4 Å². The van der Waals surface area contributed by atoms with Crippen molar-refractivity contribution < 1.29 is 27.8 Å². The van der Waals surface area contributed by atoms with Crippen LogP contribution in [0.5, 0.6) is 5.75 Å². The van der Waals surface area contributed by atoms with Crippen LogP contribution in [0.3, 0.4) is 0 Å². The molecule has 3 rings (SSSR count). The summed E-state index contributed by atoms with van der Waals surface area (Å²) in [4.78, 5) is 25.6. The zero-order valence-electron chi connectivity index (χ0n) is 15.2. The predicted octanol–water partition coefficient (Wildman–Crippen LogP) is 4.07. The van der Waals surface area contributed by atoms with Crippen LogP contribution in [0.4, 0.5) is 19.5 Å². The van der Waals surface area contributed by atoms with E-state index in [1.807, 2.05) is 0 Å². The SMILES string of the molecule is COC(=O)c1c(NC(=O)CNc2ccc(OC(F)F)cc2)sc2c1CCCC2. The van der Waals surface area contributed by atoms with Gasteiger partial charge in [0, 0.05) is 10.6 Å². The van der Waals surface area contributed by atoms with E-state index in [4.69, 9.17) is 4.74 Å². The molecule has 1 aromatic carbocycles. The Morgan fingerprint density at radius 1 is 1.18 bits per heavy atom. The van der Waals surface area contributed by atoms with Crippen LogP contribution in [-0.2, 0) is 22.4 Å². The number of hydrogen-bond acceptors (Lipinski definition) is 6. The molecular formula is C19H20F2N2O4S. The molecule has 0 unspecified atom stereocenters. The highest BCUT2D eigenvalue weighted by atomic mass is 32.1. The van der Waals surface area contributed by atoms with Crippen LogP contribution in [0.2, 0.25) is 0 Å². The molecule has 0 aliphatic heterocycles. The van der Waals surface area contributed by atoms with Crippen LogP contribution in [0.15, 0.2) is 24.3 Å². The molecule has 6 nitrogen and oxygen atoms in total. The first-order valence-corrected chi connectivity index (χ1v) is 9.61. The number of benzene rings is 1. The standard InChI is InChI=1S/C19H20F2N2O4S/c1-26-18(25)16-13-4-2-3-5-14(13)28-17(16)23-15(24)10-22-11-6-8-12(9-7-11)27-19(20)21/h6-9,19,22H,2-5,10H2,1H3,(H,23,24). The zero-order chi connectivity index (χ0) is 20.1. The van der Waals surface area contributed by atoms with Gasteiger partial charge in [0.05, 0.1) is 19.2 Å². The summed E-state index contributed by atoms with van der Waals surface area (Å²) in [6.07, 6.45) is 3.77. The summed E-state index contributed by atoms with van der Waals surface area (Å²) < 4.78 is 33.5. The Bertz CT molecular complexity index is 852. The Morgan fingerprint density at radius 2 is 1.89 bits per heavy atom. The molecule has 0 spiro atoms. The lowest BCUT2D eigenvalue weighted by atomic mass is 9.95. The lowest BCUT2D eigenvalue weighted by Gasteiger charge is -2.12. The van der Waals surface area contributed by atoms with Gasteiger partial charge in [0.2, 0.25) is 5.91 Å². The molecule has 0 fully saturated rings. The highest BCUT2D eigenvalue weighted by Crippen LogP contribution is 2.38. The fourth-order valence-corrected chi connectivity index (χ4v) is 4.37. The van der Waals surface area contributed by atoms with Crippen molar-refractivity contribution in [1.82, 2.24) is 0 Å². The first kappa shape index (κ1) is 20.1. The van der Waals surface area contributed by atoms with E-state index in [-0.39, 0.29) is 18.2 Å². The van der Waals surface area contributed by atoms with Crippen LogP contribution in [0, 0.1) is 0 Å². The Morgan fingerprint density at radius 3 is 2.57 bits per heavy atom. The van der Waals surface area contributed by atoms with E-state index >= 15 is 0 Å². The number of methoxy groups -OCH3 is 1. The van der Waals surface area contributed by atoms with Gasteiger partial charge in [-0.1, -0.05) is 0 Å². The first-order valence-electron chi connectivity index (χ1n) is 8.79. The number of halogens is 2. The molecule has 0 radical (unpaired) electrons. The molecule has 150 valence electrons. The molecule has 1 aliphatic carbocycles. The van der Waals surface area contributed by atoms with E-state index in [0.717, 1.165) is 36.1 Å². The number of rotatable bonds is 7. The average Bonchev–Trinajstić information content (AvgIpc) is 3.04. The number of anilines is 2. The number of alkyl halides is 2. The molecule has 28 heavy (non-hydrogen) atoms. The van der Waals surface area contributed by atoms with Gasteiger partial charge in [-0.05, 0) is 55.5 Å². The molecule has 1 aromatic heterocycles. The van der Waals surface area contributed by atoms with E-state index in [0.29, 0.717) is 16.3 Å². The van der Waals surface area contributed by atoms with Crippen molar-refractivity contribution in [3.8, 4) is 5.75 Å². The van der Waals surface area contributed by atoms with Crippen molar-refractivity contribution in [3.05, 3.63) is 40.3 Å². The van der Waals surface area contributed by atoms with Crippen LogP contribution in [-0.4, -0.2) is 32.1 Å². The second-order valence-electron chi connectivity index (χ2n) is 6.21. The maximum atomic E-state index is 12.3. The topological polar surface area (TPSA) is 76.7 Å². The fourth-order valence-electron chi connectivity index (χ4n) is 3.08. The van der Waals surface area contributed by atoms with E-state index in [2.05, 4.69) is 15.4 Å². The monoisotopic (exact) mass is 410 g/mol. The number of nitrogens with one attached hydrogen (secondary N) is 2. The molecule has 0 bridgehead atoms. The summed E-state index contributed by atoms with van der Waals surface area (Å²) in [6, 6.07) is 5.84. The van der Waals surface area contributed by atoms with Gasteiger partial charge in [0.1, 0.15) is 10.8 Å². The number of amides is 1. The van der Waals surface area contributed by atoms with Crippen molar-refractivity contribution in [2.24, 2.45) is 0 Å². The summed E-state index contributed by atoms with van der Waals surface area (Å²) in [5, 5.41) is 6.19. The number of hydrogen-bond donors (Lipinski definition) is 2. The van der Waals surface area contributed by atoms with E-state index < -0.39 is 12.6 Å². The third kappa shape index (κ3) is 4.78. The maximum absolute atomic E-state index is 12.3. The van der Waals surface area contributed by atoms with Gasteiger partial charge >= 0.3 is 12.6 Å². The summed E-state index contributed by atoms with van der Waals surface area (Å²) in [5.74, 6) is -0.731. The Kier molecular flexibility index (Phi) is 6.45. The Hall–Kier alpha value is -2.68. The molecule has 0 saturated carbocycles. The Balaban J connectivity index is 1.63. The second-order valence-corrected chi connectivity index (χ2v) is 7.32. The van der Waals surface area contributed by atoms with E-state index in [1.165, 1.54) is 42.7 Å². The Labute approximate surface area is 164 Å². The predicted molar refractivity (Wildman–Crippen MR) is 102 cm³/mol. The van der Waals surface area contributed by atoms with Crippen LogP contribution in [0.1, 0.15) is 33.6 Å². The average molecular weight is 410 g/mol. The summed E-state index contributed by atoms with van der Waals surface area (Å²) in [7, 11) is 1.32. The molecule has 1 aliphatic rings. The minimum Gasteiger partial charge on any atom is -0.465 e. The lowest BCUT2D eigenvalue weighted by Crippen LogP contribution is -2.22.